The van der Waals surface area contributed by atoms with Crippen molar-refractivity contribution in [3.8, 4) is 22.9 Å². The Morgan fingerprint density at radius 1 is 1.25 bits per heavy atom. The monoisotopic (exact) mass is 397 g/mol. The maximum Gasteiger partial charge on any atom is 0.254 e. The van der Waals surface area contributed by atoms with Crippen LogP contribution in [0.4, 0.5) is 0 Å². The van der Waals surface area contributed by atoms with E-state index < -0.39 is 0 Å². The third-order valence-electron chi connectivity index (χ3n) is 5.14. The Kier molecular flexibility index (Phi) is 4.48. The van der Waals surface area contributed by atoms with Crippen molar-refractivity contribution in [2.24, 2.45) is 5.92 Å². The van der Waals surface area contributed by atoms with Crippen LogP contribution < -0.4 is 9.47 Å². The van der Waals surface area contributed by atoms with Crippen molar-refractivity contribution in [3.05, 3.63) is 46.5 Å². The average molecular weight is 397 g/mol. The van der Waals surface area contributed by atoms with Crippen LogP contribution in [0.5, 0.6) is 11.5 Å². The number of fused-ring (bicyclic) bond motifs is 1. The molecule has 5 rings (SSSR count). The van der Waals surface area contributed by atoms with Crippen molar-refractivity contribution in [1.29, 1.82) is 0 Å². The van der Waals surface area contributed by atoms with E-state index in [1.807, 2.05) is 21.7 Å². The van der Waals surface area contributed by atoms with Gasteiger partial charge in [0, 0.05) is 36.0 Å². The molecule has 8 heteroatoms. The van der Waals surface area contributed by atoms with Crippen LogP contribution in [-0.2, 0) is 6.42 Å². The van der Waals surface area contributed by atoms with E-state index in [0.29, 0.717) is 47.7 Å². The zero-order valence-electron chi connectivity index (χ0n) is 15.2. The average Bonchev–Trinajstić information content (AvgIpc) is 3.47. The summed E-state index contributed by atoms with van der Waals surface area (Å²) in [6, 6.07) is 7.33. The minimum absolute atomic E-state index is 0.0208. The molecule has 0 bridgehead atoms. The lowest BCUT2D eigenvalue weighted by atomic mass is 9.94. The van der Waals surface area contributed by atoms with Crippen molar-refractivity contribution in [2.75, 3.05) is 19.9 Å². The predicted octanol–water partition coefficient (Wildman–Crippen LogP) is 3.62. The van der Waals surface area contributed by atoms with Gasteiger partial charge in [0.1, 0.15) is 0 Å². The molecule has 144 valence electrons. The van der Waals surface area contributed by atoms with E-state index in [-0.39, 0.29) is 12.7 Å². The van der Waals surface area contributed by atoms with Gasteiger partial charge in [-0.05, 0) is 48.4 Å². The van der Waals surface area contributed by atoms with Gasteiger partial charge in [-0.25, -0.2) is 0 Å². The van der Waals surface area contributed by atoms with E-state index in [1.54, 1.807) is 29.5 Å². The van der Waals surface area contributed by atoms with Gasteiger partial charge >= 0.3 is 0 Å². The number of likely N-dealkylation sites (tertiary alicyclic amines) is 1. The molecule has 1 atom stereocenters. The number of piperidine rings is 1. The number of thiophene rings is 1. The molecule has 0 N–H and O–H groups in total. The van der Waals surface area contributed by atoms with E-state index in [2.05, 4.69) is 10.1 Å². The van der Waals surface area contributed by atoms with E-state index in [0.717, 1.165) is 24.9 Å². The molecule has 1 fully saturated rings. The van der Waals surface area contributed by atoms with Gasteiger partial charge < -0.3 is 18.9 Å². The molecule has 1 amide bonds. The molecule has 2 aromatic heterocycles. The minimum atomic E-state index is 0.0208. The summed E-state index contributed by atoms with van der Waals surface area (Å²) in [6.07, 6.45) is 2.69. The van der Waals surface area contributed by atoms with Crippen molar-refractivity contribution in [1.82, 2.24) is 15.0 Å². The fourth-order valence-electron chi connectivity index (χ4n) is 3.72. The molecule has 0 spiro atoms. The fourth-order valence-corrected chi connectivity index (χ4v) is 4.36. The maximum absolute atomic E-state index is 12.9. The molecule has 28 heavy (non-hydrogen) atoms. The summed E-state index contributed by atoms with van der Waals surface area (Å²) in [7, 11) is 0. The quantitative estimate of drug-likeness (QED) is 0.669. The van der Waals surface area contributed by atoms with E-state index in [4.69, 9.17) is 14.0 Å². The normalized spacial score (nSPS) is 18.4. The molecule has 7 nitrogen and oxygen atoms in total. The lowest BCUT2D eigenvalue weighted by molar-refractivity contribution is 0.0667. The molecule has 0 saturated carbocycles. The summed E-state index contributed by atoms with van der Waals surface area (Å²) in [4.78, 5) is 19.4. The van der Waals surface area contributed by atoms with Crippen molar-refractivity contribution >= 4 is 17.2 Å². The topological polar surface area (TPSA) is 77.7 Å². The van der Waals surface area contributed by atoms with Gasteiger partial charge in [-0.2, -0.15) is 16.3 Å². The number of benzene rings is 1. The van der Waals surface area contributed by atoms with Gasteiger partial charge in [-0.15, -0.1) is 0 Å². The van der Waals surface area contributed by atoms with Crippen LogP contribution in [0.1, 0.15) is 29.1 Å². The molecule has 1 saturated heterocycles. The number of carbonyl (C=O) groups is 1. The first-order valence-electron chi connectivity index (χ1n) is 9.30. The molecular formula is C20H19N3O4S. The molecule has 0 unspecified atom stereocenters. The SMILES string of the molecule is O=C(c1ccc2c(c1)OCO2)N1CCC[C@H](Cc2nc(-c3ccsc3)no2)C1. The molecule has 4 heterocycles. The highest BCUT2D eigenvalue weighted by atomic mass is 32.1. The summed E-state index contributed by atoms with van der Waals surface area (Å²) in [5, 5.41) is 8.07. The number of rotatable bonds is 4. The third-order valence-corrected chi connectivity index (χ3v) is 5.82. The zero-order chi connectivity index (χ0) is 18.9. The zero-order valence-corrected chi connectivity index (χ0v) is 16.0. The Balaban J connectivity index is 1.25. The second-order valence-electron chi connectivity index (χ2n) is 7.06. The van der Waals surface area contributed by atoms with Crippen molar-refractivity contribution in [2.45, 2.75) is 19.3 Å². The predicted molar refractivity (Wildman–Crippen MR) is 103 cm³/mol. The molecular weight excluding hydrogens is 378 g/mol. The first-order chi connectivity index (χ1) is 13.8. The van der Waals surface area contributed by atoms with Crippen LogP contribution in [0.25, 0.3) is 11.4 Å². The maximum atomic E-state index is 12.9. The van der Waals surface area contributed by atoms with E-state index in [1.165, 1.54) is 0 Å². The molecule has 2 aliphatic rings. The van der Waals surface area contributed by atoms with Gasteiger partial charge in [-0.1, -0.05) is 5.16 Å². The highest BCUT2D eigenvalue weighted by Crippen LogP contribution is 2.33. The van der Waals surface area contributed by atoms with E-state index in [9.17, 15) is 4.79 Å². The van der Waals surface area contributed by atoms with Gasteiger partial charge in [0.15, 0.2) is 11.5 Å². The molecule has 3 aromatic rings. The van der Waals surface area contributed by atoms with Crippen LogP contribution >= 0.6 is 11.3 Å². The number of amides is 1. The Morgan fingerprint density at radius 2 is 2.18 bits per heavy atom. The van der Waals surface area contributed by atoms with Crippen molar-refractivity contribution < 1.29 is 18.8 Å². The Bertz CT molecular complexity index is 985. The van der Waals surface area contributed by atoms with Gasteiger partial charge in [0.05, 0.1) is 0 Å². The Labute approximate surface area is 165 Å². The van der Waals surface area contributed by atoms with E-state index >= 15 is 0 Å². The summed E-state index contributed by atoms with van der Waals surface area (Å²) in [5.74, 6) is 2.90. The molecule has 0 radical (unpaired) electrons. The van der Waals surface area contributed by atoms with Crippen LogP contribution in [-0.4, -0.2) is 40.8 Å². The summed E-state index contributed by atoms with van der Waals surface area (Å²) in [5.41, 5.74) is 1.60. The van der Waals surface area contributed by atoms with Crippen LogP contribution in [0.3, 0.4) is 0 Å². The number of hydrogen-bond acceptors (Lipinski definition) is 7. The van der Waals surface area contributed by atoms with Crippen molar-refractivity contribution in [3.63, 3.8) is 0 Å². The van der Waals surface area contributed by atoms with Crippen LogP contribution in [0, 0.1) is 5.92 Å². The summed E-state index contributed by atoms with van der Waals surface area (Å²) >= 11 is 1.61. The third kappa shape index (κ3) is 3.35. The first kappa shape index (κ1) is 17.2. The second-order valence-corrected chi connectivity index (χ2v) is 7.84. The number of hydrogen-bond donors (Lipinski definition) is 0. The van der Waals surface area contributed by atoms with Gasteiger partial charge in [-0.3, -0.25) is 4.79 Å². The highest BCUT2D eigenvalue weighted by molar-refractivity contribution is 7.08. The first-order valence-corrected chi connectivity index (χ1v) is 10.2. The Morgan fingerprint density at radius 3 is 3.07 bits per heavy atom. The summed E-state index contributed by atoms with van der Waals surface area (Å²) < 4.78 is 16.1. The lowest BCUT2D eigenvalue weighted by Gasteiger charge is -2.32. The standard InChI is InChI=1S/C20H19N3O4S/c24-20(14-3-4-16-17(9-14)26-12-25-16)23-6-1-2-13(10-23)8-18-21-19(22-27-18)15-5-7-28-11-15/h3-5,7,9,11,13H,1-2,6,8,10,12H2/t13-/m1/s1. The molecule has 1 aromatic carbocycles. The number of ether oxygens (including phenoxy) is 2. The number of nitrogens with zero attached hydrogens (tertiary/aromatic N) is 3. The van der Waals surface area contributed by atoms with Crippen LogP contribution in [0.15, 0.2) is 39.5 Å². The second kappa shape index (κ2) is 7.27. The number of carbonyl (C=O) groups excluding carboxylic acids is 1. The minimum Gasteiger partial charge on any atom is -0.454 e. The van der Waals surface area contributed by atoms with Gasteiger partial charge in [0.2, 0.25) is 18.5 Å². The Hall–Kier alpha value is -2.87. The van der Waals surface area contributed by atoms with Gasteiger partial charge in [0.25, 0.3) is 5.91 Å². The smallest absolute Gasteiger partial charge is 0.254 e. The molecule has 0 aliphatic carbocycles. The fraction of sp³-hybridized carbons (Fsp3) is 0.350. The number of aromatic nitrogens is 2. The lowest BCUT2D eigenvalue weighted by Crippen LogP contribution is -2.40. The largest absolute Gasteiger partial charge is 0.454 e. The molecule has 2 aliphatic heterocycles. The summed E-state index contributed by atoms with van der Waals surface area (Å²) in [6.45, 7) is 1.65. The highest BCUT2D eigenvalue weighted by Gasteiger charge is 2.27. The van der Waals surface area contributed by atoms with Crippen LogP contribution in [0.2, 0.25) is 0 Å².